The molecule has 0 bridgehead atoms. The number of benzene rings is 2. The third-order valence-electron chi connectivity index (χ3n) is 3.37. The van der Waals surface area contributed by atoms with Gasteiger partial charge in [-0.05, 0) is 25.1 Å². The van der Waals surface area contributed by atoms with Crippen molar-refractivity contribution in [2.24, 2.45) is 0 Å². The summed E-state index contributed by atoms with van der Waals surface area (Å²) in [5, 5.41) is 0. The van der Waals surface area contributed by atoms with E-state index >= 15 is 0 Å². The highest BCUT2D eigenvalue weighted by atomic mass is 16.5. The third-order valence-corrected chi connectivity index (χ3v) is 3.37. The summed E-state index contributed by atoms with van der Waals surface area (Å²) in [6.07, 6.45) is -0.303. The van der Waals surface area contributed by atoms with Crippen LogP contribution in [0.2, 0.25) is 0 Å². The van der Waals surface area contributed by atoms with E-state index in [9.17, 15) is 9.59 Å². The minimum atomic E-state index is -0.540. The number of para-hydroxylation sites is 2. The lowest BCUT2D eigenvalue weighted by Gasteiger charge is -2.12. The summed E-state index contributed by atoms with van der Waals surface area (Å²) in [6.45, 7) is 2.21. The van der Waals surface area contributed by atoms with Gasteiger partial charge in [-0.3, -0.25) is 9.59 Å². The third kappa shape index (κ3) is 4.59. The predicted molar refractivity (Wildman–Crippen MR) is 89.3 cm³/mol. The molecule has 0 N–H and O–H groups in total. The molecule has 0 fully saturated rings. The molecule has 0 atom stereocenters. The first-order valence-corrected chi connectivity index (χ1v) is 7.68. The van der Waals surface area contributed by atoms with Gasteiger partial charge >= 0.3 is 5.97 Å². The Labute approximate surface area is 141 Å². The highest BCUT2D eigenvalue weighted by Crippen LogP contribution is 2.24. The quantitative estimate of drug-likeness (QED) is 0.422. The smallest absolute Gasteiger partial charge is 0.313 e. The first-order chi connectivity index (χ1) is 11.7. The first-order valence-electron chi connectivity index (χ1n) is 7.68. The van der Waals surface area contributed by atoms with Crippen LogP contribution >= 0.6 is 0 Å². The number of methoxy groups -OCH3 is 1. The summed E-state index contributed by atoms with van der Waals surface area (Å²) in [5.74, 6) is 0.275. The van der Waals surface area contributed by atoms with Crippen LogP contribution < -0.4 is 9.47 Å². The van der Waals surface area contributed by atoms with Crippen LogP contribution in [-0.2, 0) is 16.1 Å². The lowest BCUT2D eigenvalue weighted by Crippen LogP contribution is -2.12. The van der Waals surface area contributed by atoms with Gasteiger partial charge in [0.25, 0.3) is 0 Å². The van der Waals surface area contributed by atoms with Crippen molar-refractivity contribution in [2.75, 3.05) is 13.7 Å². The van der Waals surface area contributed by atoms with Gasteiger partial charge < -0.3 is 14.2 Å². The Kier molecular flexibility index (Phi) is 6.37. The molecule has 0 aliphatic rings. The van der Waals surface area contributed by atoms with Gasteiger partial charge in [0.15, 0.2) is 5.78 Å². The molecule has 0 aromatic heterocycles. The van der Waals surface area contributed by atoms with Crippen LogP contribution in [0, 0.1) is 0 Å². The lowest BCUT2D eigenvalue weighted by molar-refractivity contribution is -0.141. The molecular formula is C19H20O5. The van der Waals surface area contributed by atoms with Crippen LogP contribution in [0.15, 0.2) is 48.5 Å². The van der Waals surface area contributed by atoms with E-state index in [1.54, 1.807) is 38.3 Å². The molecule has 0 aliphatic heterocycles. The molecule has 2 aromatic rings. The van der Waals surface area contributed by atoms with Gasteiger partial charge in [0.05, 0.1) is 19.3 Å². The lowest BCUT2D eigenvalue weighted by atomic mass is 10.1. The largest absolute Gasteiger partial charge is 0.496 e. The van der Waals surface area contributed by atoms with Gasteiger partial charge in [-0.1, -0.05) is 30.3 Å². The van der Waals surface area contributed by atoms with Crippen LogP contribution in [-0.4, -0.2) is 25.5 Å². The number of Topliss-reactive ketones (excluding diaryl/α,β-unsaturated/α-hetero) is 1. The number of hydrogen-bond donors (Lipinski definition) is 0. The zero-order valence-electron chi connectivity index (χ0n) is 13.8. The molecule has 5 heteroatoms. The number of ether oxygens (including phenoxy) is 3. The first kappa shape index (κ1) is 17.5. The second kappa shape index (κ2) is 8.72. The van der Waals surface area contributed by atoms with Gasteiger partial charge in [0.1, 0.15) is 24.5 Å². The number of esters is 1. The molecule has 0 aliphatic carbocycles. The molecule has 126 valence electrons. The molecule has 0 saturated heterocycles. The van der Waals surface area contributed by atoms with Crippen LogP contribution in [0.3, 0.4) is 0 Å². The van der Waals surface area contributed by atoms with E-state index in [4.69, 9.17) is 14.2 Å². The van der Waals surface area contributed by atoms with Gasteiger partial charge in [-0.25, -0.2) is 0 Å². The van der Waals surface area contributed by atoms with Crippen molar-refractivity contribution in [1.29, 1.82) is 0 Å². The standard InChI is InChI=1S/C19H20O5/c1-3-23-19(21)12-16(20)15-9-5-7-11-18(15)24-13-14-8-4-6-10-17(14)22-2/h4-11H,3,12-13H2,1-2H3. The maximum atomic E-state index is 12.3. The van der Waals surface area contributed by atoms with Crippen molar-refractivity contribution in [1.82, 2.24) is 0 Å². The minimum absolute atomic E-state index is 0.248. The summed E-state index contributed by atoms with van der Waals surface area (Å²) in [4.78, 5) is 23.8. The average molecular weight is 328 g/mol. The Morgan fingerprint density at radius 2 is 1.62 bits per heavy atom. The topological polar surface area (TPSA) is 61.8 Å². The number of hydrogen-bond acceptors (Lipinski definition) is 5. The van der Waals surface area contributed by atoms with Gasteiger partial charge in [0, 0.05) is 5.56 Å². The zero-order valence-corrected chi connectivity index (χ0v) is 13.8. The second-order valence-corrected chi connectivity index (χ2v) is 5.00. The van der Waals surface area contributed by atoms with E-state index < -0.39 is 5.97 Å². The predicted octanol–water partition coefficient (Wildman–Crippen LogP) is 3.41. The molecule has 0 radical (unpaired) electrons. The molecule has 0 heterocycles. The van der Waals surface area contributed by atoms with Crippen molar-refractivity contribution < 1.29 is 23.8 Å². The number of ketones is 1. The van der Waals surface area contributed by atoms with E-state index in [-0.39, 0.29) is 25.4 Å². The molecular weight excluding hydrogens is 308 g/mol. The highest BCUT2D eigenvalue weighted by Gasteiger charge is 2.17. The van der Waals surface area contributed by atoms with Crippen molar-refractivity contribution in [3.63, 3.8) is 0 Å². The van der Waals surface area contributed by atoms with E-state index in [1.807, 2.05) is 24.3 Å². The molecule has 24 heavy (non-hydrogen) atoms. The van der Waals surface area contributed by atoms with Crippen LogP contribution in [0.4, 0.5) is 0 Å². The maximum Gasteiger partial charge on any atom is 0.313 e. The van der Waals surface area contributed by atoms with Crippen LogP contribution in [0.5, 0.6) is 11.5 Å². The molecule has 2 aromatic carbocycles. The molecule has 0 saturated carbocycles. The van der Waals surface area contributed by atoms with E-state index in [0.29, 0.717) is 17.1 Å². The van der Waals surface area contributed by atoms with Crippen molar-refractivity contribution >= 4 is 11.8 Å². The normalized spacial score (nSPS) is 10.1. The molecule has 0 amide bonds. The maximum absolute atomic E-state index is 12.3. The minimum Gasteiger partial charge on any atom is -0.496 e. The fourth-order valence-electron chi connectivity index (χ4n) is 2.24. The monoisotopic (exact) mass is 328 g/mol. The molecule has 0 spiro atoms. The van der Waals surface area contributed by atoms with Gasteiger partial charge in [-0.15, -0.1) is 0 Å². The Bertz CT molecular complexity index is 708. The highest BCUT2D eigenvalue weighted by molar-refractivity contribution is 6.07. The van der Waals surface area contributed by atoms with Gasteiger partial charge in [-0.2, -0.15) is 0 Å². The Balaban J connectivity index is 2.11. The molecule has 5 nitrogen and oxygen atoms in total. The fourth-order valence-corrected chi connectivity index (χ4v) is 2.24. The Morgan fingerprint density at radius 1 is 0.958 bits per heavy atom. The van der Waals surface area contributed by atoms with E-state index in [1.165, 1.54) is 0 Å². The number of rotatable bonds is 8. The van der Waals surface area contributed by atoms with Crippen molar-refractivity contribution in [3.8, 4) is 11.5 Å². The second-order valence-electron chi connectivity index (χ2n) is 5.00. The number of carbonyl (C=O) groups is 2. The Morgan fingerprint density at radius 3 is 2.33 bits per heavy atom. The summed E-state index contributed by atoms with van der Waals surface area (Å²) < 4.78 is 15.9. The summed E-state index contributed by atoms with van der Waals surface area (Å²) in [7, 11) is 1.59. The summed E-state index contributed by atoms with van der Waals surface area (Å²) >= 11 is 0. The summed E-state index contributed by atoms with van der Waals surface area (Å²) in [6, 6.07) is 14.3. The average Bonchev–Trinajstić information content (AvgIpc) is 2.60. The fraction of sp³-hybridized carbons (Fsp3) is 0.263. The van der Waals surface area contributed by atoms with E-state index in [2.05, 4.69) is 0 Å². The summed E-state index contributed by atoms with van der Waals surface area (Å²) in [5.41, 5.74) is 1.23. The van der Waals surface area contributed by atoms with E-state index in [0.717, 1.165) is 5.56 Å². The van der Waals surface area contributed by atoms with Gasteiger partial charge in [0.2, 0.25) is 0 Å². The van der Waals surface area contributed by atoms with Crippen LogP contribution in [0.25, 0.3) is 0 Å². The zero-order chi connectivity index (χ0) is 17.4. The van der Waals surface area contributed by atoms with Crippen molar-refractivity contribution in [2.45, 2.75) is 20.0 Å². The number of carbonyl (C=O) groups excluding carboxylic acids is 2. The Hall–Kier alpha value is -2.82. The molecule has 2 rings (SSSR count). The van der Waals surface area contributed by atoms with Crippen molar-refractivity contribution in [3.05, 3.63) is 59.7 Å². The van der Waals surface area contributed by atoms with Crippen LogP contribution in [0.1, 0.15) is 29.3 Å². The SMILES string of the molecule is CCOC(=O)CC(=O)c1ccccc1OCc1ccccc1OC. The molecule has 0 unspecified atom stereocenters.